The quantitative estimate of drug-likeness (QED) is 0.202. The number of nitrogens with zero attached hydrogens (tertiary/aromatic N) is 2. The third kappa shape index (κ3) is 6.82. The van der Waals surface area contributed by atoms with E-state index in [-0.39, 0.29) is 29.7 Å². The molecule has 2 amide bonds. The number of carbonyl (C=O) groups excluding carboxylic acids is 3. The van der Waals surface area contributed by atoms with Gasteiger partial charge in [0.1, 0.15) is 13.2 Å². The molecule has 0 bridgehead atoms. The fourth-order valence-electron chi connectivity index (χ4n) is 3.04. The van der Waals surface area contributed by atoms with Crippen LogP contribution in [0.3, 0.4) is 0 Å². The van der Waals surface area contributed by atoms with Crippen molar-refractivity contribution in [3.8, 4) is 11.5 Å². The molecule has 184 valence electrons. The molecule has 10 nitrogen and oxygen atoms in total. The van der Waals surface area contributed by atoms with Crippen LogP contribution in [-0.2, 0) is 20.9 Å². The summed E-state index contributed by atoms with van der Waals surface area (Å²) in [6.45, 7) is 3.62. The number of hydrogen-bond donors (Lipinski definition) is 0. The summed E-state index contributed by atoms with van der Waals surface area (Å²) in [6, 6.07) is 11.1. The first-order chi connectivity index (χ1) is 16.7. The van der Waals surface area contributed by atoms with E-state index >= 15 is 0 Å². The molecule has 0 aliphatic carbocycles. The Morgan fingerprint density at radius 2 is 1.94 bits per heavy atom. The second-order valence-corrected chi connectivity index (χ2v) is 8.96. The summed E-state index contributed by atoms with van der Waals surface area (Å²) in [5.41, 5.74) is 1.17. The Morgan fingerprint density at radius 1 is 1.17 bits per heavy atom. The maximum Gasteiger partial charge on any atom is 0.326 e. The molecule has 1 aliphatic rings. The molecule has 1 saturated heterocycles. The number of imide groups is 1. The smallest absolute Gasteiger partial charge is 0.326 e. The maximum absolute atomic E-state index is 12.7. The van der Waals surface area contributed by atoms with Crippen molar-refractivity contribution in [2.45, 2.75) is 20.5 Å². The maximum atomic E-state index is 12.7. The highest BCUT2D eigenvalue weighted by Crippen LogP contribution is 2.34. The fraction of sp³-hybridized carbons (Fsp3) is 0.292. The Hall–Kier alpha value is -3.86. The van der Waals surface area contributed by atoms with Crippen LogP contribution in [0.15, 0.2) is 47.4 Å². The zero-order chi connectivity index (χ0) is 25.5. The lowest BCUT2D eigenvalue weighted by atomic mass is 10.1. The molecule has 0 aromatic heterocycles. The number of benzene rings is 2. The van der Waals surface area contributed by atoms with Crippen molar-refractivity contribution in [3.63, 3.8) is 0 Å². The van der Waals surface area contributed by atoms with Crippen LogP contribution in [0, 0.1) is 16.0 Å². The van der Waals surface area contributed by atoms with E-state index in [9.17, 15) is 24.5 Å². The molecule has 35 heavy (non-hydrogen) atoms. The number of rotatable bonds is 10. The summed E-state index contributed by atoms with van der Waals surface area (Å²) < 4.78 is 16.2. The van der Waals surface area contributed by atoms with Crippen molar-refractivity contribution >= 4 is 40.6 Å². The van der Waals surface area contributed by atoms with Gasteiger partial charge in [-0.15, -0.1) is 0 Å². The van der Waals surface area contributed by atoms with Gasteiger partial charge in [0, 0.05) is 12.1 Å². The van der Waals surface area contributed by atoms with Crippen LogP contribution in [-0.4, -0.2) is 47.2 Å². The number of nitro benzene ring substituents is 1. The monoisotopic (exact) mass is 500 g/mol. The lowest BCUT2D eigenvalue weighted by Gasteiger charge is -2.13. The number of nitro groups is 1. The van der Waals surface area contributed by atoms with Gasteiger partial charge >= 0.3 is 5.97 Å². The summed E-state index contributed by atoms with van der Waals surface area (Å²) in [6.07, 6.45) is 1.53. The normalized spacial score (nSPS) is 14.5. The molecular weight excluding hydrogens is 476 g/mol. The van der Waals surface area contributed by atoms with Gasteiger partial charge in [-0.25, -0.2) is 0 Å². The van der Waals surface area contributed by atoms with E-state index in [2.05, 4.69) is 0 Å². The molecule has 2 aromatic rings. The number of carbonyl (C=O) groups is 3. The topological polar surface area (TPSA) is 125 Å². The third-order valence-electron chi connectivity index (χ3n) is 4.74. The molecule has 1 heterocycles. The van der Waals surface area contributed by atoms with Gasteiger partial charge in [-0.05, 0) is 47.0 Å². The van der Waals surface area contributed by atoms with Gasteiger partial charge in [0.15, 0.2) is 11.5 Å². The van der Waals surface area contributed by atoms with Crippen molar-refractivity contribution in [2.75, 3.05) is 20.3 Å². The van der Waals surface area contributed by atoms with E-state index in [0.717, 1.165) is 16.7 Å². The Kier molecular flexibility index (Phi) is 8.48. The number of thioether (sulfide) groups is 1. The first-order valence-electron chi connectivity index (χ1n) is 10.6. The van der Waals surface area contributed by atoms with E-state index in [1.54, 1.807) is 30.3 Å². The second-order valence-electron chi connectivity index (χ2n) is 7.97. The van der Waals surface area contributed by atoms with Crippen molar-refractivity contribution in [2.24, 2.45) is 5.92 Å². The average molecular weight is 501 g/mol. The van der Waals surface area contributed by atoms with Crippen LogP contribution in [0.25, 0.3) is 6.08 Å². The minimum atomic E-state index is -0.644. The SMILES string of the molecule is COc1cc(/C=C2/SC(=O)N(CC(=O)OCC(C)C)C2=O)ccc1OCc1cccc([N+](=O)[O-])c1. The molecule has 0 saturated carbocycles. The van der Waals surface area contributed by atoms with Gasteiger partial charge in [0.05, 0.1) is 23.5 Å². The van der Waals surface area contributed by atoms with Gasteiger partial charge in [-0.3, -0.25) is 29.4 Å². The average Bonchev–Trinajstić information content (AvgIpc) is 3.09. The van der Waals surface area contributed by atoms with Crippen LogP contribution < -0.4 is 9.47 Å². The molecule has 0 unspecified atom stereocenters. The van der Waals surface area contributed by atoms with Crippen molar-refractivity contribution in [1.29, 1.82) is 0 Å². The van der Waals surface area contributed by atoms with Gasteiger partial charge in [-0.1, -0.05) is 32.0 Å². The Morgan fingerprint density at radius 3 is 2.63 bits per heavy atom. The number of ether oxygens (including phenoxy) is 3. The second kappa shape index (κ2) is 11.5. The number of esters is 1. The molecule has 0 spiro atoms. The lowest BCUT2D eigenvalue weighted by molar-refractivity contribution is -0.384. The molecule has 2 aromatic carbocycles. The van der Waals surface area contributed by atoms with Gasteiger partial charge in [0.2, 0.25) is 0 Å². The zero-order valence-electron chi connectivity index (χ0n) is 19.4. The molecule has 3 rings (SSSR count). The highest BCUT2D eigenvalue weighted by Gasteiger charge is 2.36. The van der Waals surface area contributed by atoms with E-state index in [0.29, 0.717) is 22.6 Å². The fourth-order valence-corrected chi connectivity index (χ4v) is 3.87. The van der Waals surface area contributed by atoms with Gasteiger partial charge in [-0.2, -0.15) is 0 Å². The predicted octanol–water partition coefficient (Wildman–Crippen LogP) is 4.42. The Bertz CT molecular complexity index is 1180. The summed E-state index contributed by atoms with van der Waals surface area (Å²) in [4.78, 5) is 48.3. The van der Waals surface area contributed by atoms with Crippen LogP contribution in [0.1, 0.15) is 25.0 Å². The molecular formula is C24H24N2O8S. The molecule has 0 atom stereocenters. The zero-order valence-corrected chi connectivity index (χ0v) is 20.2. The van der Waals surface area contributed by atoms with Crippen LogP contribution in [0.4, 0.5) is 10.5 Å². The van der Waals surface area contributed by atoms with E-state index in [4.69, 9.17) is 14.2 Å². The number of methoxy groups -OCH3 is 1. The molecule has 0 N–H and O–H groups in total. The molecule has 0 radical (unpaired) electrons. The minimum Gasteiger partial charge on any atom is -0.493 e. The van der Waals surface area contributed by atoms with Crippen LogP contribution >= 0.6 is 11.8 Å². The van der Waals surface area contributed by atoms with Crippen molar-refractivity contribution in [3.05, 3.63) is 68.6 Å². The highest BCUT2D eigenvalue weighted by molar-refractivity contribution is 8.18. The summed E-state index contributed by atoms with van der Waals surface area (Å²) in [5.74, 6) is -0.305. The minimum absolute atomic E-state index is 0.0319. The third-order valence-corrected chi connectivity index (χ3v) is 5.65. The van der Waals surface area contributed by atoms with Crippen LogP contribution in [0.2, 0.25) is 0 Å². The number of hydrogen-bond acceptors (Lipinski definition) is 9. The molecule has 1 aliphatic heterocycles. The standard InChI is InChI=1S/C24H24N2O8S/c1-15(2)13-34-22(27)12-25-23(28)21(35-24(25)29)11-16-7-8-19(20(10-16)32-3)33-14-17-5-4-6-18(9-17)26(30)31/h4-11,15H,12-14H2,1-3H3/b21-11+. The van der Waals surface area contributed by atoms with E-state index in [1.807, 2.05) is 13.8 Å². The highest BCUT2D eigenvalue weighted by atomic mass is 32.2. The first-order valence-corrected chi connectivity index (χ1v) is 11.4. The summed E-state index contributed by atoms with van der Waals surface area (Å²) >= 11 is 0.736. The number of amides is 2. The Labute approximate surface area is 206 Å². The molecule has 1 fully saturated rings. The van der Waals surface area contributed by atoms with Gasteiger partial charge < -0.3 is 14.2 Å². The van der Waals surface area contributed by atoms with E-state index < -0.39 is 28.6 Å². The Balaban J connectivity index is 1.69. The lowest BCUT2D eigenvalue weighted by Crippen LogP contribution is -2.34. The summed E-state index contributed by atoms with van der Waals surface area (Å²) in [7, 11) is 1.45. The first kappa shape index (κ1) is 25.8. The van der Waals surface area contributed by atoms with Crippen molar-refractivity contribution < 1.29 is 33.5 Å². The van der Waals surface area contributed by atoms with Crippen molar-refractivity contribution in [1.82, 2.24) is 4.90 Å². The largest absolute Gasteiger partial charge is 0.493 e. The van der Waals surface area contributed by atoms with E-state index in [1.165, 1.54) is 25.3 Å². The van der Waals surface area contributed by atoms with Gasteiger partial charge in [0.25, 0.3) is 16.8 Å². The number of non-ortho nitro benzene ring substituents is 1. The predicted molar refractivity (Wildman–Crippen MR) is 129 cm³/mol. The van der Waals surface area contributed by atoms with Crippen LogP contribution in [0.5, 0.6) is 11.5 Å². The summed E-state index contributed by atoms with van der Waals surface area (Å²) in [5, 5.41) is 10.4. The molecule has 11 heteroatoms.